The summed E-state index contributed by atoms with van der Waals surface area (Å²) in [5, 5.41) is 6.65. The molecule has 0 aliphatic rings. The molecule has 0 aliphatic carbocycles. The number of halogens is 1. The van der Waals surface area contributed by atoms with E-state index in [1.165, 1.54) is 0 Å². The molecule has 134 valence electrons. The lowest BCUT2D eigenvalue weighted by Gasteiger charge is -2.09. The van der Waals surface area contributed by atoms with Crippen molar-refractivity contribution in [1.29, 1.82) is 0 Å². The van der Waals surface area contributed by atoms with Gasteiger partial charge in [-0.3, -0.25) is 9.78 Å². The number of nitrogens with zero attached hydrogens (tertiary/aromatic N) is 3. The largest absolute Gasteiger partial charge is 0.352 e. The third-order valence-electron chi connectivity index (χ3n) is 3.87. The molecule has 0 fully saturated rings. The van der Waals surface area contributed by atoms with Crippen molar-refractivity contribution >= 4 is 21.8 Å². The molecule has 0 saturated heterocycles. The van der Waals surface area contributed by atoms with Gasteiger partial charge in [0.2, 0.25) is 5.89 Å². The predicted octanol–water partition coefficient (Wildman–Crippen LogP) is 3.87. The van der Waals surface area contributed by atoms with Crippen LogP contribution in [0.25, 0.3) is 11.3 Å². The van der Waals surface area contributed by atoms with Gasteiger partial charge in [-0.1, -0.05) is 33.2 Å². The van der Waals surface area contributed by atoms with Gasteiger partial charge in [-0.15, -0.1) is 0 Å². The molecule has 0 saturated carbocycles. The molecule has 2 aromatic heterocycles. The zero-order valence-electron chi connectivity index (χ0n) is 14.6. The highest BCUT2D eigenvalue weighted by atomic mass is 79.9. The van der Waals surface area contributed by atoms with Crippen molar-refractivity contribution in [3.63, 3.8) is 0 Å². The van der Waals surface area contributed by atoms with Gasteiger partial charge in [0.05, 0.1) is 17.0 Å². The van der Waals surface area contributed by atoms with Gasteiger partial charge < -0.3 is 9.84 Å². The number of carbonyl (C=O) groups excluding carboxylic acids is 1. The second kappa shape index (κ2) is 8.23. The van der Waals surface area contributed by atoms with Crippen LogP contribution in [0.3, 0.4) is 0 Å². The number of benzene rings is 1. The average molecular weight is 415 g/mol. The zero-order valence-corrected chi connectivity index (χ0v) is 16.2. The Morgan fingerprint density at radius 2 is 2.04 bits per heavy atom. The number of rotatable bonds is 6. The summed E-state index contributed by atoms with van der Waals surface area (Å²) in [5.74, 6) is 1.08. The molecule has 26 heavy (non-hydrogen) atoms. The quantitative estimate of drug-likeness (QED) is 0.619. The van der Waals surface area contributed by atoms with Gasteiger partial charge in [0.25, 0.3) is 5.91 Å². The highest BCUT2D eigenvalue weighted by Crippen LogP contribution is 2.22. The first-order chi connectivity index (χ1) is 12.5. The Morgan fingerprint density at radius 1 is 1.19 bits per heavy atom. The fraction of sp³-hybridized carbons (Fsp3) is 0.263. The summed E-state index contributed by atoms with van der Waals surface area (Å²) in [7, 11) is 0. The molecule has 0 bridgehead atoms. The van der Waals surface area contributed by atoms with Crippen LogP contribution in [0.5, 0.6) is 0 Å². The van der Waals surface area contributed by atoms with Crippen molar-refractivity contribution in [1.82, 2.24) is 20.4 Å². The summed E-state index contributed by atoms with van der Waals surface area (Å²) in [6.07, 6.45) is 1.37. The Hall–Kier alpha value is -2.54. The van der Waals surface area contributed by atoms with Gasteiger partial charge >= 0.3 is 0 Å². The number of hydrogen-bond donors (Lipinski definition) is 1. The minimum absolute atomic E-state index is 0.127. The number of aromatic nitrogens is 3. The van der Waals surface area contributed by atoms with Gasteiger partial charge in [0.15, 0.2) is 5.82 Å². The lowest BCUT2D eigenvalue weighted by Crippen LogP contribution is -2.25. The maximum Gasteiger partial charge on any atom is 0.253 e. The fourth-order valence-electron chi connectivity index (χ4n) is 2.59. The van der Waals surface area contributed by atoms with E-state index in [2.05, 4.69) is 36.4 Å². The Bertz CT molecular complexity index is 923. The Labute approximate surface area is 160 Å². The lowest BCUT2D eigenvalue weighted by atomic mass is 10.1. The van der Waals surface area contributed by atoms with Crippen molar-refractivity contribution in [2.75, 3.05) is 6.54 Å². The molecule has 1 amide bonds. The van der Waals surface area contributed by atoms with Crippen molar-refractivity contribution in [2.45, 2.75) is 26.7 Å². The van der Waals surface area contributed by atoms with Crippen molar-refractivity contribution in [2.24, 2.45) is 0 Å². The molecule has 1 aromatic carbocycles. The second-order valence-electron chi connectivity index (χ2n) is 5.93. The SMILES string of the molecule is Cc1noc(CCCNC(=O)c2ccc(-c3cccc(Br)c3)nc2C)n1. The van der Waals surface area contributed by atoms with Crippen LogP contribution in [-0.4, -0.2) is 27.6 Å². The summed E-state index contributed by atoms with van der Waals surface area (Å²) in [5.41, 5.74) is 3.13. The number of aryl methyl sites for hydroxylation is 3. The van der Waals surface area contributed by atoms with Crippen LogP contribution < -0.4 is 5.32 Å². The van der Waals surface area contributed by atoms with Crippen LogP contribution in [0.15, 0.2) is 45.4 Å². The van der Waals surface area contributed by atoms with Gasteiger partial charge in [-0.25, -0.2) is 0 Å². The molecule has 3 aromatic rings. The van der Waals surface area contributed by atoms with E-state index in [4.69, 9.17) is 4.52 Å². The number of pyridine rings is 1. The van der Waals surface area contributed by atoms with E-state index < -0.39 is 0 Å². The molecule has 1 N–H and O–H groups in total. The molecule has 6 nitrogen and oxygen atoms in total. The maximum atomic E-state index is 12.4. The van der Waals surface area contributed by atoms with Crippen LogP contribution in [0.2, 0.25) is 0 Å². The first-order valence-electron chi connectivity index (χ1n) is 8.34. The first kappa shape index (κ1) is 18.3. The van der Waals surface area contributed by atoms with E-state index in [0.717, 1.165) is 22.2 Å². The third kappa shape index (κ3) is 4.54. The zero-order chi connectivity index (χ0) is 18.5. The molecule has 0 spiro atoms. The topological polar surface area (TPSA) is 80.9 Å². The van der Waals surface area contributed by atoms with Gasteiger partial charge in [0.1, 0.15) is 0 Å². The van der Waals surface area contributed by atoms with E-state index in [1.807, 2.05) is 43.3 Å². The Kier molecular flexibility index (Phi) is 5.78. The van der Waals surface area contributed by atoms with Gasteiger partial charge in [-0.05, 0) is 44.5 Å². The summed E-state index contributed by atoms with van der Waals surface area (Å²) >= 11 is 3.46. The minimum atomic E-state index is -0.127. The van der Waals surface area contributed by atoms with Crippen LogP contribution >= 0.6 is 15.9 Å². The molecule has 0 aliphatic heterocycles. The van der Waals surface area contributed by atoms with E-state index in [9.17, 15) is 4.79 Å². The van der Waals surface area contributed by atoms with E-state index in [1.54, 1.807) is 6.92 Å². The number of carbonyl (C=O) groups is 1. The summed E-state index contributed by atoms with van der Waals surface area (Å²) in [6.45, 7) is 4.16. The molecule has 7 heteroatoms. The predicted molar refractivity (Wildman–Crippen MR) is 102 cm³/mol. The fourth-order valence-corrected chi connectivity index (χ4v) is 2.99. The van der Waals surface area contributed by atoms with Crippen LogP contribution in [-0.2, 0) is 6.42 Å². The maximum absolute atomic E-state index is 12.4. The first-order valence-corrected chi connectivity index (χ1v) is 9.13. The summed E-state index contributed by atoms with van der Waals surface area (Å²) < 4.78 is 6.04. The van der Waals surface area contributed by atoms with Crippen molar-refractivity contribution in [3.8, 4) is 11.3 Å². The van der Waals surface area contributed by atoms with Crippen molar-refractivity contribution < 1.29 is 9.32 Å². The van der Waals surface area contributed by atoms with Gasteiger partial charge in [-0.2, -0.15) is 4.98 Å². The van der Waals surface area contributed by atoms with Crippen LogP contribution in [0.4, 0.5) is 0 Å². The molecular weight excluding hydrogens is 396 g/mol. The normalized spacial score (nSPS) is 10.7. The lowest BCUT2D eigenvalue weighted by molar-refractivity contribution is 0.0952. The Morgan fingerprint density at radius 3 is 2.73 bits per heavy atom. The van der Waals surface area contributed by atoms with Crippen molar-refractivity contribution in [3.05, 3.63) is 63.8 Å². The van der Waals surface area contributed by atoms with E-state index in [0.29, 0.717) is 35.9 Å². The average Bonchev–Trinajstić information content (AvgIpc) is 3.03. The highest BCUT2D eigenvalue weighted by Gasteiger charge is 2.11. The summed E-state index contributed by atoms with van der Waals surface area (Å²) in [4.78, 5) is 21.1. The van der Waals surface area contributed by atoms with E-state index in [-0.39, 0.29) is 5.91 Å². The summed E-state index contributed by atoms with van der Waals surface area (Å²) in [6, 6.07) is 11.6. The second-order valence-corrected chi connectivity index (χ2v) is 6.85. The van der Waals surface area contributed by atoms with E-state index >= 15 is 0 Å². The molecule has 3 rings (SSSR count). The number of hydrogen-bond acceptors (Lipinski definition) is 5. The minimum Gasteiger partial charge on any atom is -0.352 e. The third-order valence-corrected chi connectivity index (χ3v) is 4.37. The molecule has 0 radical (unpaired) electrons. The van der Waals surface area contributed by atoms with Gasteiger partial charge in [0, 0.05) is 23.0 Å². The monoisotopic (exact) mass is 414 g/mol. The molecule has 2 heterocycles. The van der Waals surface area contributed by atoms with Crippen LogP contribution in [0, 0.1) is 13.8 Å². The Balaban J connectivity index is 1.59. The molecule has 0 atom stereocenters. The smallest absolute Gasteiger partial charge is 0.253 e. The standard InChI is InChI=1S/C19H19BrN4O2/c1-12-16(8-9-17(22-12)14-5-3-6-15(20)11-14)19(25)21-10-4-7-18-23-13(2)24-26-18/h3,5-6,8-9,11H,4,7,10H2,1-2H3,(H,21,25). The number of nitrogens with one attached hydrogen (secondary N) is 1. The molecule has 0 unspecified atom stereocenters. The molecular formula is C19H19BrN4O2. The highest BCUT2D eigenvalue weighted by molar-refractivity contribution is 9.10. The van der Waals surface area contributed by atoms with Crippen LogP contribution in [0.1, 0.15) is 34.2 Å². The number of amides is 1.